The number of benzene rings is 2. The summed E-state index contributed by atoms with van der Waals surface area (Å²) in [6.07, 6.45) is 2.14. The maximum absolute atomic E-state index is 11.6. The number of likely N-dealkylation sites (tertiary alicyclic amines) is 1. The normalized spacial score (nSPS) is 15.1. The molecule has 0 atom stereocenters. The lowest BCUT2D eigenvalue weighted by atomic mass is 9.96. The number of piperidine rings is 1. The lowest BCUT2D eigenvalue weighted by Crippen LogP contribution is -2.32. The molecule has 0 spiro atoms. The van der Waals surface area contributed by atoms with Crippen molar-refractivity contribution in [3.63, 3.8) is 0 Å². The number of nitrogens with one attached hydrogen (secondary N) is 1. The van der Waals surface area contributed by atoms with Gasteiger partial charge >= 0.3 is 0 Å². The van der Waals surface area contributed by atoms with Crippen LogP contribution in [0.4, 0.5) is 0 Å². The van der Waals surface area contributed by atoms with Crippen LogP contribution in [-0.2, 0) is 6.54 Å². The van der Waals surface area contributed by atoms with Crippen molar-refractivity contribution in [3.8, 4) is 0 Å². The Bertz CT molecular complexity index is 889. The molecular formula is C20H24Cl2N4O. The Labute approximate surface area is 171 Å². The van der Waals surface area contributed by atoms with Crippen LogP contribution in [0.15, 0.2) is 48.5 Å². The Morgan fingerprint density at radius 3 is 2.44 bits per heavy atom. The van der Waals surface area contributed by atoms with E-state index >= 15 is 0 Å². The number of aromatic amines is 1. The number of para-hydroxylation sites is 1. The number of carbonyl (C=O) groups is 1. The zero-order valence-corrected chi connectivity index (χ0v) is 16.6. The highest BCUT2D eigenvalue weighted by atomic mass is 35.5. The van der Waals surface area contributed by atoms with Gasteiger partial charge in [-0.15, -0.1) is 24.8 Å². The zero-order chi connectivity index (χ0) is 17.2. The number of carbonyl (C=O) groups excluding carboxylic acids is 1. The Morgan fingerprint density at radius 1 is 1.07 bits per heavy atom. The van der Waals surface area contributed by atoms with Gasteiger partial charge in [-0.25, -0.2) is 4.98 Å². The van der Waals surface area contributed by atoms with Crippen LogP contribution in [0.2, 0.25) is 0 Å². The van der Waals surface area contributed by atoms with Gasteiger partial charge < -0.3 is 10.7 Å². The van der Waals surface area contributed by atoms with Crippen molar-refractivity contribution in [2.45, 2.75) is 25.3 Å². The Hall–Kier alpha value is -2.08. The van der Waals surface area contributed by atoms with Crippen LogP contribution < -0.4 is 5.73 Å². The number of nitrogens with two attached hydrogens (primary N) is 1. The van der Waals surface area contributed by atoms with Crippen molar-refractivity contribution in [1.29, 1.82) is 0 Å². The second kappa shape index (κ2) is 9.22. The number of hydrogen-bond donors (Lipinski definition) is 2. The van der Waals surface area contributed by atoms with Gasteiger partial charge in [0.05, 0.1) is 11.1 Å². The SMILES string of the molecule is Cl.Cl.NC(=O)c1cccc2[nH]c(C3CCN(Cc4ccccc4)CC3)nc12. The number of H-pyrrole nitrogens is 1. The fraction of sp³-hybridized carbons (Fsp3) is 0.300. The molecule has 1 aliphatic heterocycles. The van der Waals surface area contributed by atoms with Gasteiger partial charge in [0.2, 0.25) is 0 Å². The Balaban J connectivity index is 0.00000131. The summed E-state index contributed by atoms with van der Waals surface area (Å²) in [5, 5.41) is 0. The molecule has 5 nitrogen and oxygen atoms in total. The fourth-order valence-electron chi connectivity index (χ4n) is 3.65. The van der Waals surface area contributed by atoms with Crippen LogP contribution in [0, 0.1) is 0 Å². The van der Waals surface area contributed by atoms with E-state index in [-0.39, 0.29) is 24.8 Å². The molecule has 1 fully saturated rings. The van der Waals surface area contributed by atoms with Gasteiger partial charge in [0.1, 0.15) is 11.3 Å². The average Bonchev–Trinajstić information content (AvgIpc) is 3.07. The number of nitrogens with zero attached hydrogens (tertiary/aromatic N) is 2. The number of hydrogen-bond acceptors (Lipinski definition) is 3. The van der Waals surface area contributed by atoms with Gasteiger partial charge in [-0.3, -0.25) is 9.69 Å². The Kier molecular flexibility index (Phi) is 7.25. The van der Waals surface area contributed by atoms with E-state index in [1.807, 2.05) is 12.1 Å². The number of amides is 1. The van der Waals surface area contributed by atoms with Gasteiger partial charge in [-0.1, -0.05) is 36.4 Å². The van der Waals surface area contributed by atoms with E-state index in [1.165, 1.54) is 5.56 Å². The maximum Gasteiger partial charge on any atom is 0.250 e. The van der Waals surface area contributed by atoms with Crippen LogP contribution in [0.3, 0.4) is 0 Å². The molecule has 0 aliphatic carbocycles. The molecule has 1 saturated heterocycles. The third kappa shape index (κ3) is 4.61. The highest BCUT2D eigenvalue weighted by molar-refractivity contribution is 6.04. The van der Waals surface area contributed by atoms with Gasteiger partial charge in [0.25, 0.3) is 5.91 Å². The van der Waals surface area contributed by atoms with Gasteiger partial charge in [0.15, 0.2) is 0 Å². The molecule has 0 unspecified atom stereocenters. The van der Waals surface area contributed by atoms with Crippen molar-refractivity contribution >= 4 is 41.8 Å². The van der Waals surface area contributed by atoms with E-state index in [1.54, 1.807) is 6.07 Å². The minimum Gasteiger partial charge on any atom is -0.366 e. The van der Waals surface area contributed by atoms with Crippen molar-refractivity contribution in [3.05, 3.63) is 65.5 Å². The summed E-state index contributed by atoms with van der Waals surface area (Å²) >= 11 is 0. The number of imidazole rings is 1. The molecule has 2 heterocycles. The van der Waals surface area contributed by atoms with Crippen molar-refractivity contribution in [2.75, 3.05) is 13.1 Å². The first-order chi connectivity index (χ1) is 12.2. The lowest BCUT2D eigenvalue weighted by molar-refractivity contribution is 0.100. The molecule has 7 heteroatoms. The van der Waals surface area contributed by atoms with Gasteiger partial charge in [-0.2, -0.15) is 0 Å². The summed E-state index contributed by atoms with van der Waals surface area (Å²) in [7, 11) is 0. The molecule has 1 amide bonds. The molecule has 3 aromatic rings. The molecule has 0 radical (unpaired) electrons. The number of aromatic nitrogens is 2. The van der Waals surface area contributed by atoms with Gasteiger partial charge in [0, 0.05) is 12.5 Å². The first kappa shape index (κ1) is 21.2. The van der Waals surface area contributed by atoms with Crippen LogP contribution in [0.1, 0.15) is 40.5 Å². The molecule has 0 bridgehead atoms. The van der Waals surface area contributed by atoms with Crippen LogP contribution in [-0.4, -0.2) is 33.9 Å². The maximum atomic E-state index is 11.6. The second-order valence-electron chi connectivity index (χ2n) is 6.72. The predicted octanol–water partition coefficient (Wildman–Crippen LogP) is 3.89. The molecule has 1 aromatic heterocycles. The third-order valence-electron chi connectivity index (χ3n) is 5.02. The third-order valence-corrected chi connectivity index (χ3v) is 5.02. The average molecular weight is 407 g/mol. The first-order valence-electron chi connectivity index (χ1n) is 8.75. The van der Waals surface area contributed by atoms with Crippen molar-refractivity contribution in [1.82, 2.24) is 14.9 Å². The summed E-state index contributed by atoms with van der Waals surface area (Å²) in [5.74, 6) is 0.949. The minimum atomic E-state index is -0.429. The number of fused-ring (bicyclic) bond motifs is 1. The smallest absolute Gasteiger partial charge is 0.250 e. The summed E-state index contributed by atoms with van der Waals surface area (Å²) in [5.41, 5.74) is 8.88. The number of primary amides is 1. The molecule has 0 saturated carbocycles. The van der Waals surface area contributed by atoms with E-state index in [0.29, 0.717) is 17.0 Å². The van der Waals surface area contributed by atoms with Crippen molar-refractivity contribution in [2.24, 2.45) is 5.73 Å². The molecule has 2 aromatic carbocycles. The monoisotopic (exact) mass is 406 g/mol. The van der Waals surface area contributed by atoms with Crippen LogP contribution in [0.25, 0.3) is 11.0 Å². The summed E-state index contributed by atoms with van der Waals surface area (Å²) < 4.78 is 0. The fourth-order valence-corrected chi connectivity index (χ4v) is 3.65. The van der Waals surface area contributed by atoms with Crippen LogP contribution in [0.5, 0.6) is 0 Å². The molecular weight excluding hydrogens is 383 g/mol. The number of halogens is 2. The molecule has 1 aliphatic rings. The predicted molar refractivity (Wildman–Crippen MR) is 113 cm³/mol. The Morgan fingerprint density at radius 2 is 1.78 bits per heavy atom. The minimum absolute atomic E-state index is 0. The molecule has 4 rings (SSSR count). The van der Waals surface area contributed by atoms with E-state index in [0.717, 1.165) is 43.8 Å². The van der Waals surface area contributed by atoms with E-state index in [4.69, 9.17) is 10.7 Å². The molecule has 144 valence electrons. The van der Waals surface area contributed by atoms with Gasteiger partial charge in [-0.05, 0) is 43.6 Å². The molecule has 27 heavy (non-hydrogen) atoms. The highest BCUT2D eigenvalue weighted by Gasteiger charge is 2.24. The molecule has 3 N–H and O–H groups in total. The topological polar surface area (TPSA) is 75.0 Å². The van der Waals surface area contributed by atoms with E-state index in [2.05, 4.69) is 40.2 Å². The number of rotatable bonds is 4. The summed E-state index contributed by atoms with van der Waals surface area (Å²) in [4.78, 5) is 22.1. The second-order valence-corrected chi connectivity index (χ2v) is 6.72. The lowest BCUT2D eigenvalue weighted by Gasteiger charge is -2.31. The van der Waals surface area contributed by atoms with E-state index < -0.39 is 5.91 Å². The van der Waals surface area contributed by atoms with Crippen LogP contribution >= 0.6 is 24.8 Å². The quantitative estimate of drug-likeness (QED) is 0.689. The van der Waals surface area contributed by atoms with E-state index in [9.17, 15) is 4.79 Å². The summed E-state index contributed by atoms with van der Waals surface area (Å²) in [6, 6.07) is 16.1. The standard InChI is InChI=1S/C20H22N4O.2ClH/c21-19(25)16-7-4-8-17-18(16)23-20(22-17)15-9-11-24(12-10-15)13-14-5-2-1-3-6-14;;/h1-8,15H,9-13H2,(H2,21,25)(H,22,23);2*1H. The largest absolute Gasteiger partial charge is 0.366 e. The zero-order valence-electron chi connectivity index (χ0n) is 14.9. The highest BCUT2D eigenvalue weighted by Crippen LogP contribution is 2.29. The van der Waals surface area contributed by atoms with Crippen molar-refractivity contribution < 1.29 is 4.79 Å². The summed E-state index contributed by atoms with van der Waals surface area (Å²) in [6.45, 7) is 3.11. The first-order valence-corrected chi connectivity index (χ1v) is 8.75.